The lowest BCUT2D eigenvalue weighted by molar-refractivity contribution is 0.234. The van der Waals surface area contributed by atoms with E-state index in [4.69, 9.17) is 0 Å². The number of halogens is 1. The van der Waals surface area contributed by atoms with Crippen molar-refractivity contribution in [3.8, 4) is 0 Å². The molecular weight excluding hydrogens is 342 g/mol. The van der Waals surface area contributed by atoms with Gasteiger partial charge in [0.1, 0.15) is 0 Å². The van der Waals surface area contributed by atoms with E-state index in [9.17, 15) is 0 Å². The second kappa shape index (κ2) is 9.22. The van der Waals surface area contributed by atoms with Crippen molar-refractivity contribution < 1.29 is 0 Å². The van der Waals surface area contributed by atoms with Crippen LogP contribution in [0.3, 0.4) is 0 Å². The largest absolute Gasteiger partial charge is 0.313 e. The fourth-order valence-corrected chi connectivity index (χ4v) is 4.61. The third kappa shape index (κ3) is 5.96. The third-order valence-electron chi connectivity index (χ3n) is 4.45. The summed E-state index contributed by atoms with van der Waals surface area (Å²) in [6.45, 7) is 5.83. The van der Waals surface area contributed by atoms with Crippen LogP contribution in [0.1, 0.15) is 46.0 Å². The van der Waals surface area contributed by atoms with E-state index in [2.05, 4.69) is 59.4 Å². The summed E-state index contributed by atoms with van der Waals surface area (Å²) in [6, 6.07) is 9.38. The predicted molar refractivity (Wildman–Crippen MR) is 98.1 cm³/mol. The lowest BCUT2D eigenvalue weighted by atomic mass is 9.79. The number of hydrogen-bond donors (Lipinski definition) is 1. The van der Waals surface area contributed by atoms with Crippen LogP contribution in [0.4, 0.5) is 0 Å². The Bertz CT molecular complexity index is 406. The van der Waals surface area contributed by atoms with E-state index in [1.54, 1.807) is 0 Å². The smallest absolute Gasteiger partial charge is 0.0190 e. The maximum absolute atomic E-state index is 3.81. The minimum Gasteiger partial charge on any atom is -0.313 e. The lowest BCUT2D eigenvalue weighted by Crippen LogP contribution is -2.40. The molecule has 1 fully saturated rings. The normalized spacial score (nSPS) is 24.0. The van der Waals surface area contributed by atoms with Gasteiger partial charge in [-0.1, -0.05) is 42.6 Å². The van der Waals surface area contributed by atoms with Gasteiger partial charge >= 0.3 is 0 Å². The second-order valence-electron chi connectivity index (χ2n) is 6.36. The molecule has 0 aliphatic heterocycles. The molecule has 3 unspecified atom stereocenters. The van der Waals surface area contributed by atoms with Crippen molar-refractivity contribution in [3.63, 3.8) is 0 Å². The van der Waals surface area contributed by atoms with Crippen molar-refractivity contribution in [1.82, 2.24) is 5.32 Å². The first kappa shape index (κ1) is 17.4. The Morgan fingerprint density at radius 2 is 2.05 bits per heavy atom. The Balaban J connectivity index is 1.90. The third-order valence-corrected chi connectivity index (χ3v) is 6.11. The summed E-state index contributed by atoms with van der Waals surface area (Å²) >= 11 is 5.51. The maximum Gasteiger partial charge on any atom is 0.0190 e. The van der Waals surface area contributed by atoms with Crippen molar-refractivity contribution in [3.05, 3.63) is 28.7 Å². The predicted octanol–water partition coefficient (Wildman–Crippen LogP) is 5.74. The highest BCUT2D eigenvalue weighted by molar-refractivity contribution is 9.10. The van der Waals surface area contributed by atoms with E-state index in [-0.39, 0.29) is 0 Å². The van der Waals surface area contributed by atoms with Crippen LogP contribution in [0.2, 0.25) is 0 Å². The van der Waals surface area contributed by atoms with Crippen LogP contribution < -0.4 is 5.32 Å². The number of nitrogens with one attached hydrogen (secondary N) is 1. The standard InChI is InChI=1S/C18H28BrNS/c1-3-11-20-18(15-6-4-5-14(2)12-15)13-21-17-9-7-16(19)8-10-17/h7-10,14-15,18,20H,3-6,11-13H2,1-2H3. The minimum absolute atomic E-state index is 0.668. The van der Waals surface area contributed by atoms with E-state index in [0.29, 0.717) is 6.04 Å². The average molecular weight is 370 g/mol. The van der Waals surface area contributed by atoms with Gasteiger partial charge in [-0.2, -0.15) is 0 Å². The van der Waals surface area contributed by atoms with E-state index in [1.807, 2.05) is 11.8 Å². The van der Waals surface area contributed by atoms with Crippen LogP contribution in [-0.2, 0) is 0 Å². The fraction of sp³-hybridized carbons (Fsp3) is 0.667. The number of rotatable bonds is 7. The molecule has 0 bridgehead atoms. The molecule has 0 amide bonds. The molecule has 118 valence electrons. The summed E-state index contributed by atoms with van der Waals surface area (Å²) < 4.78 is 1.16. The van der Waals surface area contributed by atoms with Crippen LogP contribution in [0.25, 0.3) is 0 Å². The lowest BCUT2D eigenvalue weighted by Gasteiger charge is -2.34. The van der Waals surface area contributed by atoms with Crippen LogP contribution in [-0.4, -0.2) is 18.3 Å². The van der Waals surface area contributed by atoms with Crippen LogP contribution in [0.15, 0.2) is 33.6 Å². The molecule has 1 aromatic rings. The molecule has 1 aromatic carbocycles. The Hall–Kier alpha value is 0.01000. The van der Waals surface area contributed by atoms with Gasteiger partial charge in [-0.15, -0.1) is 11.8 Å². The second-order valence-corrected chi connectivity index (χ2v) is 8.37. The molecule has 3 atom stereocenters. The summed E-state index contributed by atoms with van der Waals surface area (Å²) in [5, 5.41) is 3.81. The van der Waals surface area contributed by atoms with Crippen LogP contribution in [0, 0.1) is 11.8 Å². The SMILES string of the molecule is CCCNC(CSc1ccc(Br)cc1)C1CCCC(C)C1. The van der Waals surface area contributed by atoms with Gasteiger partial charge < -0.3 is 5.32 Å². The molecule has 1 aliphatic rings. The monoisotopic (exact) mass is 369 g/mol. The van der Waals surface area contributed by atoms with Crippen molar-refractivity contribution in [1.29, 1.82) is 0 Å². The molecule has 0 aromatic heterocycles. The van der Waals surface area contributed by atoms with Gasteiger partial charge in [0, 0.05) is 21.2 Å². The minimum atomic E-state index is 0.668. The Labute approximate surface area is 142 Å². The molecule has 0 saturated heterocycles. The highest BCUT2D eigenvalue weighted by atomic mass is 79.9. The Kier molecular flexibility index (Phi) is 7.62. The molecule has 0 radical (unpaired) electrons. The van der Waals surface area contributed by atoms with Gasteiger partial charge in [0.05, 0.1) is 0 Å². The van der Waals surface area contributed by atoms with E-state index >= 15 is 0 Å². The Morgan fingerprint density at radius 3 is 2.71 bits per heavy atom. The zero-order chi connectivity index (χ0) is 15.1. The number of hydrogen-bond acceptors (Lipinski definition) is 2. The zero-order valence-electron chi connectivity index (χ0n) is 13.3. The van der Waals surface area contributed by atoms with E-state index < -0.39 is 0 Å². The molecule has 1 nitrogen and oxygen atoms in total. The molecule has 1 aliphatic carbocycles. The number of benzene rings is 1. The quantitative estimate of drug-likeness (QED) is 0.615. The number of thioether (sulfide) groups is 1. The van der Waals surface area contributed by atoms with Gasteiger partial charge in [0.2, 0.25) is 0 Å². The molecule has 21 heavy (non-hydrogen) atoms. The highest BCUT2D eigenvalue weighted by Gasteiger charge is 2.26. The average Bonchev–Trinajstić information content (AvgIpc) is 2.49. The fourth-order valence-electron chi connectivity index (χ4n) is 3.25. The molecule has 1 N–H and O–H groups in total. The maximum atomic E-state index is 3.81. The van der Waals surface area contributed by atoms with Gasteiger partial charge in [-0.25, -0.2) is 0 Å². The van der Waals surface area contributed by atoms with E-state index in [0.717, 1.165) is 22.9 Å². The topological polar surface area (TPSA) is 12.0 Å². The molecule has 1 saturated carbocycles. The van der Waals surface area contributed by atoms with Crippen molar-refractivity contribution in [2.45, 2.75) is 56.9 Å². The first-order valence-corrected chi connectivity index (χ1v) is 10.1. The Morgan fingerprint density at radius 1 is 1.29 bits per heavy atom. The van der Waals surface area contributed by atoms with Crippen molar-refractivity contribution in [2.75, 3.05) is 12.3 Å². The van der Waals surface area contributed by atoms with Gasteiger partial charge in [0.25, 0.3) is 0 Å². The molecule has 0 spiro atoms. The zero-order valence-corrected chi connectivity index (χ0v) is 15.7. The van der Waals surface area contributed by atoms with Crippen molar-refractivity contribution >= 4 is 27.7 Å². The summed E-state index contributed by atoms with van der Waals surface area (Å²) in [5.41, 5.74) is 0. The van der Waals surface area contributed by atoms with E-state index in [1.165, 1.54) is 42.8 Å². The first-order chi connectivity index (χ1) is 10.2. The summed E-state index contributed by atoms with van der Waals surface area (Å²) in [6.07, 6.45) is 6.88. The highest BCUT2D eigenvalue weighted by Crippen LogP contribution is 2.33. The van der Waals surface area contributed by atoms with Crippen molar-refractivity contribution in [2.24, 2.45) is 11.8 Å². The molecular formula is C18H28BrNS. The molecule has 2 rings (SSSR count). The molecule has 0 heterocycles. The summed E-state index contributed by atoms with van der Waals surface area (Å²) in [5.74, 6) is 2.97. The van der Waals surface area contributed by atoms with Crippen LogP contribution in [0.5, 0.6) is 0 Å². The first-order valence-electron chi connectivity index (χ1n) is 8.30. The van der Waals surface area contributed by atoms with Gasteiger partial charge in [-0.05, 0) is 61.9 Å². The van der Waals surface area contributed by atoms with Gasteiger partial charge in [0.15, 0.2) is 0 Å². The summed E-state index contributed by atoms with van der Waals surface area (Å²) in [4.78, 5) is 1.38. The molecule has 3 heteroatoms. The summed E-state index contributed by atoms with van der Waals surface area (Å²) in [7, 11) is 0. The van der Waals surface area contributed by atoms with Crippen LogP contribution >= 0.6 is 27.7 Å². The van der Waals surface area contributed by atoms with Gasteiger partial charge in [-0.3, -0.25) is 0 Å².